The molecule has 0 radical (unpaired) electrons. The molecule has 0 aliphatic carbocycles. The number of hydrogen-bond acceptors (Lipinski definition) is 2. The Morgan fingerprint density at radius 2 is 1.34 bits per heavy atom. The summed E-state index contributed by atoms with van der Waals surface area (Å²) in [6.45, 7) is 4.15. The van der Waals surface area contributed by atoms with Crippen molar-refractivity contribution in [2.24, 2.45) is 0 Å². The van der Waals surface area contributed by atoms with E-state index in [4.69, 9.17) is 0 Å². The number of rotatable bonds is 8. The lowest BCUT2D eigenvalue weighted by atomic mass is 10.0. The van der Waals surface area contributed by atoms with Gasteiger partial charge in [-0.15, -0.1) is 0 Å². The summed E-state index contributed by atoms with van der Waals surface area (Å²) in [5.74, 6) is 0. The van der Waals surface area contributed by atoms with E-state index in [9.17, 15) is 0 Å². The second-order valence-corrected chi connectivity index (χ2v) is 8.19. The van der Waals surface area contributed by atoms with Gasteiger partial charge >= 0.3 is 0 Å². The van der Waals surface area contributed by atoms with Gasteiger partial charge in [0.25, 0.3) is 0 Å². The minimum absolute atomic E-state index is 0.974. The summed E-state index contributed by atoms with van der Waals surface area (Å²) in [7, 11) is 4.30. The van der Waals surface area contributed by atoms with Crippen LogP contribution < -0.4 is 0 Å². The van der Waals surface area contributed by atoms with E-state index >= 15 is 0 Å². The van der Waals surface area contributed by atoms with Gasteiger partial charge in [0.15, 0.2) is 0 Å². The Balaban J connectivity index is 1.58. The van der Waals surface area contributed by atoms with Crippen molar-refractivity contribution in [1.82, 2.24) is 9.80 Å². The second-order valence-electron chi connectivity index (χ2n) is 8.19. The smallest absolute Gasteiger partial charge is 0.0243 e. The molecule has 0 fully saturated rings. The molecule has 0 unspecified atom stereocenters. The number of hydrogen-bond donors (Lipinski definition) is 0. The maximum absolute atomic E-state index is 2.59. The van der Waals surface area contributed by atoms with E-state index in [1.807, 2.05) is 0 Å². The quantitative estimate of drug-likeness (QED) is 0.372. The summed E-state index contributed by atoms with van der Waals surface area (Å²) in [4.78, 5) is 4.86. The molecule has 0 aliphatic heterocycles. The lowest BCUT2D eigenvalue weighted by Gasteiger charge is -2.24. The molecular formula is C27H30N2. The molecule has 2 nitrogen and oxygen atoms in total. The van der Waals surface area contributed by atoms with Crippen molar-refractivity contribution < 1.29 is 0 Å². The number of fused-ring (bicyclic) bond motifs is 2. The minimum Gasteiger partial charge on any atom is -0.309 e. The molecule has 0 aromatic heterocycles. The lowest BCUT2D eigenvalue weighted by Crippen LogP contribution is -2.27. The molecule has 148 valence electrons. The van der Waals surface area contributed by atoms with Crippen molar-refractivity contribution in [2.75, 3.05) is 27.2 Å². The zero-order valence-electron chi connectivity index (χ0n) is 17.5. The number of nitrogens with zero attached hydrogens (tertiary/aromatic N) is 2. The molecule has 29 heavy (non-hydrogen) atoms. The Hall–Kier alpha value is -2.68. The van der Waals surface area contributed by atoms with Crippen molar-refractivity contribution in [3.05, 3.63) is 96.1 Å². The zero-order valence-corrected chi connectivity index (χ0v) is 17.5. The first kappa shape index (κ1) is 19.6. The predicted molar refractivity (Wildman–Crippen MR) is 125 cm³/mol. The Kier molecular flexibility index (Phi) is 6.24. The normalized spacial score (nSPS) is 11.7. The summed E-state index contributed by atoms with van der Waals surface area (Å²) < 4.78 is 0. The van der Waals surface area contributed by atoms with Gasteiger partial charge in [-0.25, -0.2) is 0 Å². The van der Waals surface area contributed by atoms with Crippen LogP contribution in [0.2, 0.25) is 0 Å². The van der Waals surface area contributed by atoms with E-state index in [1.165, 1.54) is 39.1 Å². The average Bonchev–Trinajstić information content (AvgIpc) is 2.73. The van der Waals surface area contributed by atoms with Gasteiger partial charge in [0.1, 0.15) is 0 Å². The van der Waals surface area contributed by atoms with Gasteiger partial charge in [-0.2, -0.15) is 0 Å². The fourth-order valence-corrected chi connectivity index (χ4v) is 4.09. The van der Waals surface area contributed by atoms with Gasteiger partial charge in [0.05, 0.1) is 0 Å². The van der Waals surface area contributed by atoms with Crippen LogP contribution in [0.3, 0.4) is 0 Å². The molecule has 0 heterocycles. The molecule has 0 spiro atoms. The third-order valence-electron chi connectivity index (χ3n) is 5.57. The maximum Gasteiger partial charge on any atom is 0.0243 e. The van der Waals surface area contributed by atoms with Crippen molar-refractivity contribution in [1.29, 1.82) is 0 Å². The predicted octanol–water partition coefficient (Wildman–Crippen LogP) is 5.95. The van der Waals surface area contributed by atoms with Gasteiger partial charge < -0.3 is 4.90 Å². The molecular weight excluding hydrogens is 352 g/mol. The zero-order chi connectivity index (χ0) is 20.1. The summed E-state index contributed by atoms with van der Waals surface area (Å²) in [5.41, 5.74) is 2.79. The molecule has 0 saturated heterocycles. The maximum atomic E-state index is 2.59. The average molecular weight is 383 g/mol. The molecule has 4 aromatic carbocycles. The highest BCUT2D eigenvalue weighted by Gasteiger charge is 2.10. The first-order valence-corrected chi connectivity index (χ1v) is 10.5. The third kappa shape index (κ3) is 5.03. The molecule has 4 rings (SSSR count). The van der Waals surface area contributed by atoms with Gasteiger partial charge in [0.2, 0.25) is 0 Å². The van der Waals surface area contributed by atoms with E-state index in [-0.39, 0.29) is 0 Å². The summed E-state index contributed by atoms with van der Waals surface area (Å²) in [6.07, 6.45) is 1.17. The highest BCUT2D eigenvalue weighted by molar-refractivity contribution is 5.85. The summed E-state index contributed by atoms with van der Waals surface area (Å²) >= 11 is 0. The van der Waals surface area contributed by atoms with Crippen LogP contribution in [-0.4, -0.2) is 37.0 Å². The fourth-order valence-electron chi connectivity index (χ4n) is 4.09. The van der Waals surface area contributed by atoms with Gasteiger partial charge in [-0.3, -0.25) is 4.90 Å². The van der Waals surface area contributed by atoms with Crippen LogP contribution in [0.15, 0.2) is 84.9 Å². The van der Waals surface area contributed by atoms with Crippen LogP contribution in [0.5, 0.6) is 0 Å². The Morgan fingerprint density at radius 3 is 2.17 bits per heavy atom. The van der Waals surface area contributed by atoms with Crippen molar-refractivity contribution in [2.45, 2.75) is 19.5 Å². The SMILES string of the molecule is CN(C)CCCN(Cc1ccc2ccccc2c1)Cc1cccc2ccccc12. The van der Waals surface area contributed by atoms with Gasteiger partial charge in [-0.05, 0) is 65.8 Å². The molecule has 4 aromatic rings. The monoisotopic (exact) mass is 382 g/mol. The highest BCUT2D eigenvalue weighted by atomic mass is 15.1. The van der Waals surface area contributed by atoms with Gasteiger partial charge in [0, 0.05) is 19.6 Å². The van der Waals surface area contributed by atoms with E-state index in [2.05, 4.69) is 109 Å². The minimum atomic E-state index is 0.974. The first-order valence-electron chi connectivity index (χ1n) is 10.5. The third-order valence-corrected chi connectivity index (χ3v) is 5.57. The van der Waals surface area contributed by atoms with Crippen LogP contribution in [0.25, 0.3) is 21.5 Å². The summed E-state index contributed by atoms with van der Waals surface area (Å²) in [5, 5.41) is 5.32. The topological polar surface area (TPSA) is 6.48 Å². The van der Waals surface area contributed by atoms with Crippen LogP contribution in [0.4, 0.5) is 0 Å². The molecule has 0 bridgehead atoms. The largest absolute Gasteiger partial charge is 0.309 e. The first-order chi connectivity index (χ1) is 14.2. The second kappa shape index (κ2) is 9.21. The Morgan fingerprint density at radius 1 is 0.621 bits per heavy atom. The molecule has 0 saturated carbocycles. The van der Waals surface area contributed by atoms with Crippen molar-refractivity contribution in [3.63, 3.8) is 0 Å². The van der Waals surface area contributed by atoms with E-state index < -0.39 is 0 Å². The molecule has 0 aliphatic rings. The fraction of sp³-hybridized carbons (Fsp3) is 0.259. The van der Waals surface area contributed by atoms with Crippen LogP contribution in [-0.2, 0) is 13.1 Å². The molecule has 0 atom stereocenters. The molecule has 2 heteroatoms. The van der Waals surface area contributed by atoms with E-state index in [0.717, 1.165) is 26.2 Å². The van der Waals surface area contributed by atoms with E-state index in [0.29, 0.717) is 0 Å². The standard InChI is InChI=1S/C27H30N2/c1-28(2)17-8-18-29(20-22-15-16-23-9-3-4-11-25(23)19-22)21-26-13-7-12-24-10-5-6-14-27(24)26/h3-7,9-16,19H,8,17-18,20-21H2,1-2H3. The van der Waals surface area contributed by atoms with Gasteiger partial charge in [-0.1, -0.05) is 78.9 Å². The lowest BCUT2D eigenvalue weighted by molar-refractivity contribution is 0.240. The Bertz CT molecular complexity index is 1080. The van der Waals surface area contributed by atoms with Crippen LogP contribution >= 0.6 is 0 Å². The highest BCUT2D eigenvalue weighted by Crippen LogP contribution is 2.22. The van der Waals surface area contributed by atoms with Crippen molar-refractivity contribution in [3.8, 4) is 0 Å². The van der Waals surface area contributed by atoms with E-state index in [1.54, 1.807) is 0 Å². The van der Waals surface area contributed by atoms with Crippen molar-refractivity contribution >= 4 is 21.5 Å². The summed E-state index contributed by atoms with van der Waals surface area (Å²) in [6, 6.07) is 30.9. The molecule has 0 N–H and O–H groups in total. The Labute approximate surface area is 174 Å². The van der Waals surface area contributed by atoms with Crippen LogP contribution in [0.1, 0.15) is 17.5 Å². The van der Waals surface area contributed by atoms with Crippen LogP contribution in [0, 0.1) is 0 Å². The number of benzene rings is 4. The molecule has 0 amide bonds.